The van der Waals surface area contributed by atoms with Crippen LogP contribution in [0.4, 0.5) is 0 Å². The second-order valence-corrected chi connectivity index (χ2v) is 8.63. The largest absolute Gasteiger partial charge is 0.468 e. The van der Waals surface area contributed by atoms with Crippen molar-refractivity contribution in [2.24, 2.45) is 5.41 Å². The highest BCUT2D eigenvalue weighted by molar-refractivity contribution is 5.83. The van der Waals surface area contributed by atoms with Crippen LogP contribution >= 0.6 is 0 Å². The third-order valence-corrected chi connectivity index (χ3v) is 6.48. The number of esters is 1. The number of amides is 1. The number of aromatic nitrogens is 2. The quantitative estimate of drug-likeness (QED) is 0.598. The number of rotatable bonds is 7. The van der Waals surface area contributed by atoms with Crippen molar-refractivity contribution in [3.63, 3.8) is 0 Å². The number of ether oxygens (including phenoxy) is 2. The summed E-state index contributed by atoms with van der Waals surface area (Å²) in [5, 5.41) is 0. The third-order valence-electron chi connectivity index (χ3n) is 6.48. The van der Waals surface area contributed by atoms with Crippen LogP contribution in [-0.2, 0) is 19.1 Å². The van der Waals surface area contributed by atoms with Crippen molar-refractivity contribution < 1.29 is 19.1 Å². The molecule has 0 spiro atoms. The maximum atomic E-state index is 12.9. The second kappa shape index (κ2) is 10.2. The monoisotopic (exact) mass is 450 g/mol. The summed E-state index contributed by atoms with van der Waals surface area (Å²) in [4.78, 5) is 37.7. The van der Waals surface area contributed by atoms with Crippen molar-refractivity contribution in [1.29, 1.82) is 0 Å². The van der Waals surface area contributed by atoms with E-state index in [0.717, 1.165) is 30.9 Å². The molecule has 174 valence electrons. The average molecular weight is 451 g/mol. The standard InChI is InChI=1S/C25H30N4O4/c1-32-18-25(24(31)33-2)10-15-29(17-25)22(30)16-28-13-8-20(9-14-28)19-4-6-21(7-5-19)23-26-11-3-12-27-23/h3-8,11-12H,9-10,13-18H2,1-2H3/t25-/m1/s1. The van der Waals surface area contributed by atoms with Crippen LogP contribution in [0.25, 0.3) is 17.0 Å². The molecule has 2 aliphatic heterocycles. The first-order valence-electron chi connectivity index (χ1n) is 11.2. The molecule has 8 nitrogen and oxygen atoms in total. The highest BCUT2D eigenvalue weighted by Crippen LogP contribution is 2.32. The van der Waals surface area contributed by atoms with E-state index in [9.17, 15) is 9.59 Å². The van der Waals surface area contributed by atoms with E-state index in [4.69, 9.17) is 9.47 Å². The van der Waals surface area contributed by atoms with Gasteiger partial charge in [0.25, 0.3) is 0 Å². The van der Waals surface area contributed by atoms with Gasteiger partial charge in [0, 0.05) is 51.2 Å². The fourth-order valence-corrected chi connectivity index (χ4v) is 4.61. The summed E-state index contributed by atoms with van der Waals surface area (Å²) in [6, 6.07) is 10.1. The highest BCUT2D eigenvalue weighted by atomic mass is 16.5. The Labute approximate surface area is 194 Å². The lowest BCUT2D eigenvalue weighted by molar-refractivity contribution is -0.155. The van der Waals surface area contributed by atoms with E-state index in [0.29, 0.717) is 26.1 Å². The molecule has 0 radical (unpaired) electrons. The Morgan fingerprint density at radius 2 is 1.79 bits per heavy atom. The van der Waals surface area contributed by atoms with Gasteiger partial charge in [-0.2, -0.15) is 0 Å². The smallest absolute Gasteiger partial charge is 0.316 e. The van der Waals surface area contributed by atoms with Crippen LogP contribution in [0.15, 0.2) is 48.8 Å². The van der Waals surface area contributed by atoms with Crippen LogP contribution < -0.4 is 0 Å². The molecule has 3 heterocycles. The highest BCUT2D eigenvalue weighted by Gasteiger charge is 2.47. The molecule has 0 saturated carbocycles. The van der Waals surface area contributed by atoms with Gasteiger partial charge in [-0.05, 0) is 30.0 Å². The van der Waals surface area contributed by atoms with Crippen molar-refractivity contribution in [3.05, 3.63) is 54.4 Å². The first kappa shape index (κ1) is 23.1. The van der Waals surface area contributed by atoms with Gasteiger partial charge >= 0.3 is 5.97 Å². The predicted octanol–water partition coefficient (Wildman–Crippen LogP) is 2.27. The SMILES string of the molecule is COC[C@@]1(C(=O)OC)CCN(C(=O)CN2CC=C(c3ccc(-c4ncccn4)cc3)CC2)C1. The molecule has 1 amide bonds. The molecular formula is C25H30N4O4. The molecule has 8 heteroatoms. The molecule has 33 heavy (non-hydrogen) atoms. The van der Waals surface area contributed by atoms with Crippen molar-refractivity contribution in [1.82, 2.24) is 19.8 Å². The molecule has 1 fully saturated rings. The van der Waals surface area contributed by atoms with Crippen LogP contribution in [0, 0.1) is 5.41 Å². The zero-order chi connectivity index (χ0) is 23.3. The van der Waals surface area contributed by atoms with E-state index in [1.807, 2.05) is 12.1 Å². The molecule has 1 atom stereocenters. The van der Waals surface area contributed by atoms with Gasteiger partial charge in [-0.25, -0.2) is 9.97 Å². The lowest BCUT2D eigenvalue weighted by Gasteiger charge is -2.29. The number of hydrogen-bond acceptors (Lipinski definition) is 7. The van der Waals surface area contributed by atoms with E-state index < -0.39 is 5.41 Å². The summed E-state index contributed by atoms with van der Waals surface area (Å²) in [6.45, 7) is 3.03. The summed E-state index contributed by atoms with van der Waals surface area (Å²) in [5.41, 5.74) is 2.70. The Hall–Kier alpha value is -3.10. The molecule has 0 bridgehead atoms. The summed E-state index contributed by atoms with van der Waals surface area (Å²) in [6.07, 6.45) is 7.12. The van der Waals surface area contributed by atoms with Gasteiger partial charge in [-0.3, -0.25) is 14.5 Å². The van der Waals surface area contributed by atoms with Crippen molar-refractivity contribution in [2.45, 2.75) is 12.8 Å². The summed E-state index contributed by atoms with van der Waals surface area (Å²) in [5.74, 6) is 0.450. The second-order valence-electron chi connectivity index (χ2n) is 8.63. The van der Waals surface area contributed by atoms with Gasteiger partial charge in [0.2, 0.25) is 5.91 Å². The Balaban J connectivity index is 1.33. The number of benzene rings is 1. The number of hydrogen-bond donors (Lipinski definition) is 0. The number of carbonyl (C=O) groups is 2. The van der Waals surface area contributed by atoms with Gasteiger partial charge in [0.1, 0.15) is 5.41 Å². The number of methoxy groups -OCH3 is 2. The van der Waals surface area contributed by atoms with E-state index in [2.05, 4.69) is 33.1 Å². The molecule has 4 rings (SSSR count). The fourth-order valence-electron chi connectivity index (χ4n) is 4.61. The van der Waals surface area contributed by atoms with Crippen LogP contribution in [0.1, 0.15) is 18.4 Å². The molecule has 1 saturated heterocycles. The Kier molecular flexibility index (Phi) is 7.15. The van der Waals surface area contributed by atoms with Gasteiger partial charge in [-0.1, -0.05) is 30.3 Å². The Morgan fingerprint density at radius 3 is 2.42 bits per heavy atom. The van der Waals surface area contributed by atoms with Crippen LogP contribution in [0.2, 0.25) is 0 Å². The molecule has 2 aromatic rings. The predicted molar refractivity (Wildman–Crippen MR) is 124 cm³/mol. The molecule has 0 unspecified atom stereocenters. The van der Waals surface area contributed by atoms with E-state index >= 15 is 0 Å². The van der Waals surface area contributed by atoms with Crippen molar-refractivity contribution >= 4 is 17.4 Å². The minimum absolute atomic E-state index is 0.0425. The zero-order valence-electron chi connectivity index (χ0n) is 19.2. The molecular weight excluding hydrogens is 420 g/mol. The van der Waals surface area contributed by atoms with Gasteiger partial charge in [0.05, 0.1) is 20.3 Å². The van der Waals surface area contributed by atoms with Gasteiger partial charge < -0.3 is 14.4 Å². The number of carbonyl (C=O) groups excluding carboxylic acids is 2. The Morgan fingerprint density at radius 1 is 1.06 bits per heavy atom. The minimum atomic E-state index is -0.759. The van der Waals surface area contributed by atoms with Crippen LogP contribution in [0.5, 0.6) is 0 Å². The topological polar surface area (TPSA) is 84.9 Å². The van der Waals surface area contributed by atoms with Crippen LogP contribution in [0.3, 0.4) is 0 Å². The lowest BCUT2D eigenvalue weighted by atomic mass is 9.88. The maximum absolute atomic E-state index is 12.9. The van der Waals surface area contributed by atoms with Crippen molar-refractivity contribution in [3.8, 4) is 11.4 Å². The van der Waals surface area contributed by atoms with E-state index in [-0.39, 0.29) is 18.5 Å². The maximum Gasteiger partial charge on any atom is 0.316 e. The van der Waals surface area contributed by atoms with Crippen LogP contribution in [-0.4, -0.2) is 85.2 Å². The average Bonchev–Trinajstić information content (AvgIpc) is 3.30. The van der Waals surface area contributed by atoms with E-state index in [1.165, 1.54) is 18.2 Å². The normalized spacial score (nSPS) is 21.0. The Bertz CT molecular complexity index is 1010. The molecule has 0 aliphatic carbocycles. The zero-order valence-corrected chi connectivity index (χ0v) is 19.2. The molecule has 1 aromatic heterocycles. The minimum Gasteiger partial charge on any atom is -0.468 e. The lowest BCUT2D eigenvalue weighted by Crippen LogP contribution is -2.44. The first-order chi connectivity index (χ1) is 16.0. The molecule has 1 aromatic carbocycles. The number of likely N-dealkylation sites (tertiary alicyclic amines) is 1. The first-order valence-corrected chi connectivity index (χ1v) is 11.2. The number of nitrogens with zero attached hydrogens (tertiary/aromatic N) is 4. The summed E-state index contributed by atoms with van der Waals surface area (Å²) in [7, 11) is 2.95. The summed E-state index contributed by atoms with van der Waals surface area (Å²) >= 11 is 0. The van der Waals surface area contributed by atoms with Gasteiger partial charge in [-0.15, -0.1) is 0 Å². The third kappa shape index (κ3) is 5.12. The van der Waals surface area contributed by atoms with Crippen molar-refractivity contribution in [2.75, 3.05) is 53.6 Å². The molecule has 0 N–H and O–H groups in total. The molecule has 2 aliphatic rings. The fraction of sp³-hybridized carbons (Fsp3) is 0.440. The van der Waals surface area contributed by atoms with E-state index in [1.54, 1.807) is 30.5 Å². The summed E-state index contributed by atoms with van der Waals surface area (Å²) < 4.78 is 10.2. The van der Waals surface area contributed by atoms with Gasteiger partial charge in [0.15, 0.2) is 5.82 Å².